The summed E-state index contributed by atoms with van der Waals surface area (Å²) in [5, 5.41) is 2.22. The van der Waals surface area contributed by atoms with Crippen LogP contribution in [0.5, 0.6) is 11.5 Å². The number of hydrogen-bond acceptors (Lipinski definition) is 3. The van der Waals surface area contributed by atoms with Crippen LogP contribution in [0.25, 0.3) is 66.4 Å². The maximum atomic E-state index is 6.98. The van der Waals surface area contributed by atoms with E-state index < -0.39 is 0 Å². The lowest BCUT2D eigenvalue weighted by Gasteiger charge is -2.31. The molecule has 0 fully saturated rings. The minimum atomic E-state index is -0.154. The summed E-state index contributed by atoms with van der Waals surface area (Å²) < 4.78 is 6.98. The minimum Gasteiger partial charge on any atom is -0.456 e. The highest BCUT2D eigenvalue weighted by Gasteiger charge is 2.38. The lowest BCUT2D eigenvalue weighted by atomic mass is 9.82. The van der Waals surface area contributed by atoms with Gasteiger partial charge in [0.25, 0.3) is 0 Å². The van der Waals surface area contributed by atoms with Crippen LogP contribution in [0.15, 0.2) is 243 Å². The molecule has 3 nitrogen and oxygen atoms in total. The van der Waals surface area contributed by atoms with Gasteiger partial charge in [0.1, 0.15) is 11.5 Å². The van der Waals surface area contributed by atoms with Gasteiger partial charge in [-0.15, -0.1) is 0 Å². The Kier molecular flexibility index (Phi) is 9.59. The normalized spacial score (nSPS) is 13.8. The molecule has 348 valence electrons. The first-order valence-electron chi connectivity index (χ1n) is 25.5. The summed E-state index contributed by atoms with van der Waals surface area (Å²) in [7, 11) is 0. The topological polar surface area (TPSA) is 15.7 Å². The zero-order chi connectivity index (χ0) is 49.0. The third-order valence-electron chi connectivity index (χ3n) is 16.1. The van der Waals surface area contributed by atoms with Crippen molar-refractivity contribution in [2.75, 3.05) is 9.80 Å². The maximum absolute atomic E-state index is 6.98. The van der Waals surface area contributed by atoms with E-state index in [4.69, 9.17) is 4.74 Å². The van der Waals surface area contributed by atoms with Gasteiger partial charge in [0, 0.05) is 55.6 Å². The lowest BCUT2D eigenvalue weighted by Crippen LogP contribution is -2.17. The molecule has 0 saturated heterocycles. The first-order chi connectivity index (χ1) is 35.7. The van der Waals surface area contributed by atoms with Crippen LogP contribution in [-0.4, -0.2) is 0 Å². The summed E-state index contributed by atoms with van der Waals surface area (Å²) in [5.74, 6) is 1.70. The first-order valence-corrected chi connectivity index (χ1v) is 25.5. The van der Waals surface area contributed by atoms with Gasteiger partial charge in [-0.25, -0.2) is 0 Å². The first kappa shape index (κ1) is 42.9. The van der Waals surface area contributed by atoms with E-state index in [2.05, 4.69) is 280 Å². The van der Waals surface area contributed by atoms with E-state index in [1.165, 1.54) is 66.8 Å². The van der Waals surface area contributed by atoms with Gasteiger partial charge in [0.15, 0.2) is 0 Å². The Balaban J connectivity index is 0.920. The van der Waals surface area contributed by atoms with Gasteiger partial charge in [0.05, 0.1) is 5.69 Å². The Bertz CT molecular complexity index is 3980. The molecule has 0 radical (unpaired) electrons. The van der Waals surface area contributed by atoms with E-state index >= 15 is 0 Å². The maximum Gasteiger partial charge on any atom is 0.136 e. The molecule has 3 heteroatoms. The van der Waals surface area contributed by atoms with Crippen LogP contribution in [0, 0.1) is 0 Å². The van der Waals surface area contributed by atoms with Crippen LogP contribution >= 0.6 is 0 Å². The Morgan fingerprint density at radius 3 is 1.29 bits per heavy atom. The number of hydrogen-bond donors (Lipinski definition) is 0. The average Bonchev–Trinajstić information content (AvgIpc) is 3.81. The van der Waals surface area contributed by atoms with Gasteiger partial charge in [-0.3, -0.25) is 0 Å². The van der Waals surface area contributed by atoms with Gasteiger partial charge in [-0.2, -0.15) is 0 Å². The van der Waals surface area contributed by atoms with Gasteiger partial charge >= 0.3 is 0 Å². The molecule has 2 aliphatic carbocycles. The number of ether oxygens (including phenoxy) is 1. The largest absolute Gasteiger partial charge is 0.456 e. The SMILES string of the molecule is CC1(C)c2ccccc2-c2ccc(N(c3ccc(-c4ccccc4)cc3)c3ccc4c(c3)-c3cccc5c(N(c6ccc(-c7ccccc7)cc6)c6ccc7c(c6)C(C)(C)c6ccccc6-7)ccc(c35)O4)cc21. The van der Waals surface area contributed by atoms with Crippen LogP contribution in [0.2, 0.25) is 0 Å². The summed E-state index contributed by atoms with van der Waals surface area (Å²) in [6.45, 7) is 9.43. The van der Waals surface area contributed by atoms with Crippen molar-refractivity contribution >= 4 is 44.9 Å². The molecular weight excluding hydrogens is 885 g/mol. The summed E-state index contributed by atoms with van der Waals surface area (Å²) in [6.07, 6.45) is 0. The van der Waals surface area contributed by atoms with Gasteiger partial charge in [-0.1, -0.05) is 191 Å². The summed E-state index contributed by atoms with van der Waals surface area (Å²) in [4.78, 5) is 4.85. The Labute approximate surface area is 427 Å². The standard InChI is InChI=1S/C70H52N2O/c1-69(2)61-24-13-11-20-54(61)56-37-34-52(43-63(56)69)71(49-30-26-47(27-31-49)45-16-7-5-8-17-45)51-36-40-66-60(42-51)58-22-15-23-59-65(39-41-67(73-66)68(58)59)72(50-32-28-48(29-33-50)46-18-9-6-10-19-46)53-35-38-57-55-21-12-14-25-62(55)70(3,4)64(57)44-53/h5-44H,1-4H3. The van der Waals surface area contributed by atoms with Crippen LogP contribution in [0.4, 0.5) is 34.1 Å². The fraction of sp³-hybridized carbons (Fsp3) is 0.0857. The highest BCUT2D eigenvalue weighted by atomic mass is 16.5. The van der Waals surface area contributed by atoms with Crippen molar-refractivity contribution in [1.29, 1.82) is 0 Å². The fourth-order valence-corrected chi connectivity index (χ4v) is 12.3. The molecule has 73 heavy (non-hydrogen) atoms. The van der Waals surface area contributed by atoms with E-state index in [-0.39, 0.29) is 10.8 Å². The van der Waals surface area contributed by atoms with Crippen LogP contribution < -0.4 is 14.5 Å². The van der Waals surface area contributed by atoms with Crippen molar-refractivity contribution in [2.45, 2.75) is 38.5 Å². The molecule has 1 heterocycles. The summed E-state index contributed by atoms with van der Waals surface area (Å²) in [6, 6.07) is 89.0. The molecule has 11 aromatic carbocycles. The molecule has 0 unspecified atom stereocenters. The third kappa shape index (κ3) is 6.72. The van der Waals surface area contributed by atoms with Crippen LogP contribution in [0.1, 0.15) is 49.9 Å². The second kappa shape index (κ2) is 16.3. The van der Waals surface area contributed by atoms with Crippen LogP contribution in [0.3, 0.4) is 0 Å². The highest BCUT2D eigenvalue weighted by Crippen LogP contribution is 2.55. The van der Waals surface area contributed by atoms with E-state index in [0.717, 1.165) is 67.5 Å². The van der Waals surface area contributed by atoms with Crippen molar-refractivity contribution in [3.05, 3.63) is 265 Å². The van der Waals surface area contributed by atoms with Crippen molar-refractivity contribution in [1.82, 2.24) is 0 Å². The van der Waals surface area contributed by atoms with E-state index in [1.807, 2.05) is 0 Å². The quantitative estimate of drug-likeness (QED) is 0.151. The molecule has 1 aliphatic heterocycles. The molecular formula is C70H52N2O. The summed E-state index contributed by atoms with van der Waals surface area (Å²) in [5.41, 5.74) is 23.8. The highest BCUT2D eigenvalue weighted by molar-refractivity contribution is 6.11. The molecule has 11 aromatic rings. The zero-order valence-electron chi connectivity index (χ0n) is 41.4. The Hall–Kier alpha value is -8.92. The second-order valence-corrected chi connectivity index (χ2v) is 20.9. The van der Waals surface area contributed by atoms with Crippen molar-refractivity contribution in [3.8, 4) is 67.1 Å². The van der Waals surface area contributed by atoms with Crippen molar-refractivity contribution in [2.24, 2.45) is 0 Å². The lowest BCUT2D eigenvalue weighted by molar-refractivity contribution is 0.487. The number of benzene rings is 11. The second-order valence-electron chi connectivity index (χ2n) is 20.9. The van der Waals surface area contributed by atoms with E-state index in [0.29, 0.717) is 0 Å². The predicted octanol–water partition coefficient (Wildman–Crippen LogP) is 19.5. The van der Waals surface area contributed by atoms with Gasteiger partial charge in [0.2, 0.25) is 0 Å². The van der Waals surface area contributed by atoms with E-state index in [1.54, 1.807) is 0 Å². The average molecular weight is 937 g/mol. The Morgan fingerprint density at radius 1 is 0.288 bits per heavy atom. The van der Waals surface area contributed by atoms with Crippen LogP contribution in [-0.2, 0) is 10.8 Å². The third-order valence-corrected chi connectivity index (χ3v) is 16.1. The Morgan fingerprint density at radius 2 is 0.712 bits per heavy atom. The predicted molar refractivity (Wildman–Crippen MR) is 305 cm³/mol. The summed E-state index contributed by atoms with van der Waals surface area (Å²) >= 11 is 0. The molecule has 0 spiro atoms. The number of anilines is 6. The monoisotopic (exact) mass is 936 g/mol. The molecule has 0 amide bonds. The fourth-order valence-electron chi connectivity index (χ4n) is 12.3. The molecule has 0 saturated carbocycles. The molecule has 14 rings (SSSR count). The molecule has 0 bridgehead atoms. The molecule has 0 N–H and O–H groups in total. The van der Waals surface area contributed by atoms with Gasteiger partial charge < -0.3 is 14.5 Å². The van der Waals surface area contributed by atoms with Gasteiger partial charge in [-0.05, 0) is 151 Å². The minimum absolute atomic E-state index is 0.148. The molecule has 3 aliphatic rings. The zero-order valence-corrected chi connectivity index (χ0v) is 41.4. The van der Waals surface area contributed by atoms with E-state index in [9.17, 15) is 0 Å². The number of fused-ring (bicyclic) bond motifs is 8. The molecule has 0 atom stereocenters. The van der Waals surface area contributed by atoms with Crippen molar-refractivity contribution in [3.63, 3.8) is 0 Å². The van der Waals surface area contributed by atoms with Crippen molar-refractivity contribution < 1.29 is 4.74 Å². The number of rotatable bonds is 8. The number of nitrogens with zero attached hydrogens (tertiary/aromatic N) is 2. The smallest absolute Gasteiger partial charge is 0.136 e. The molecule has 0 aromatic heterocycles.